The van der Waals surface area contributed by atoms with Gasteiger partial charge in [-0.1, -0.05) is 44.2 Å². The Kier molecular flexibility index (Phi) is 6.30. The van der Waals surface area contributed by atoms with Crippen molar-refractivity contribution in [2.75, 3.05) is 24.6 Å². The monoisotopic (exact) mass is 508 g/mol. The number of hydrogen-bond donors (Lipinski definition) is 0. The molecule has 3 aromatic rings. The molecular weight excluding hydrogens is 478 g/mol. The zero-order valence-electron chi connectivity index (χ0n) is 21.3. The second kappa shape index (κ2) is 9.32. The predicted octanol–water partition coefficient (Wildman–Crippen LogP) is 4.76. The molecule has 2 aliphatic rings. The Morgan fingerprint density at radius 3 is 2.59 bits per heavy atom. The SMILES string of the molecule is C#CCCC1(CCOc2ccccc2Cn2nnc3c(N4CCC(F)(F)C4)nc(C(C)(C)C)nc32)N=N1. The minimum atomic E-state index is -2.76. The number of nitrogens with zero attached hydrogens (tertiary/aromatic N) is 8. The molecule has 0 spiro atoms. The summed E-state index contributed by atoms with van der Waals surface area (Å²) in [6, 6.07) is 7.69. The van der Waals surface area contributed by atoms with E-state index in [1.54, 1.807) is 9.58 Å². The molecule has 5 rings (SSSR count). The Morgan fingerprint density at radius 2 is 1.92 bits per heavy atom. The highest BCUT2D eigenvalue weighted by molar-refractivity contribution is 5.83. The first-order valence-electron chi connectivity index (χ1n) is 12.4. The van der Waals surface area contributed by atoms with Gasteiger partial charge in [-0.2, -0.15) is 10.2 Å². The first-order chi connectivity index (χ1) is 17.6. The van der Waals surface area contributed by atoms with Crippen LogP contribution in [0.15, 0.2) is 34.5 Å². The van der Waals surface area contributed by atoms with Gasteiger partial charge in [0.05, 0.1) is 19.7 Å². The number of anilines is 1. The van der Waals surface area contributed by atoms with Crippen molar-refractivity contribution in [2.24, 2.45) is 10.2 Å². The molecule has 1 aromatic carbocycles. The van der Waals surface area contributed by atoms with Crippen molar-refractivity contribution in [3.05, 3.63) is 35.7 Å². The molecule has 11 heteroatoms. The third kappa shape index (κ3) is 5.38. The Balaban J connectivity index is 1.40. The Hall–Kier alpha value is -3.68. The van der Waals surface area contributed by atoms with Crippen LogP contribution in [-0.2, 0) is 12.0 Å². The summed E-state index contributed by atoms with van der Waals surface area (Å²) in [6.07, 6.45) is 7.16. The van der Waals surface area contributed by atoms with Crippen LogP contribution >= 0.6 is 0 Å². The van der Waals surface area contributed by atoms with Gasteiger partial charge in [-0.3, -0.25) is 0 Å². The summed E-state index contributed by atoms with van der Waals surface area (Å²) in [5.41, 5.74) is 1.00. The second-order valence-corrected chi connectivity index (χ2v) is 10.7. The van der Waals surface area contributed by atoms with Gasteiger partial charge in [-0.25, -0.2) is 23.4 Å². The van der Waals surface area contributed by atoms with Crippen LogP contribution in [0.1, 0.15) is 57.8 Å². The molecular formula is C26H30F2N8O. The minimum Gasteiger partial charge on any atom is -0.493 e. The van der Waals surface area contributed by atoms with Crippen molar-refractivity contribution in [1.29, 1.82) is 0 Å². The molecule has 2 aliphatic heterocycles. The molecule has 1 fully saturated rings. The van der Waals surface area contributed by atoms with E-state index in [9.17, 15) is 8.78 Å². The smallest absolute Gasteiger partial charge is 0.266 e. The fraction of sp³-hybridized carbons (Fsp3) is 0.538. The fourth-order valence-corrected chi connectivity index (χ4v) is 4.35. The van der Waals surface area contributed by atoms with Crippen molar-refractivity contribution >= 4 is 17.0 Å². The summed E-state index contributed by atoms with van der Waals surface area (Å²) in [4.78, 5) is 11.0. The number of rotatable bonds is 9. The van der Waals surface area contributed by atoms with Crippen molar-refractivity contribution in [3.8, 4) is 18.1 Å². The van der Waals surface area contributed by atoms with Gasteiger partial charge in [-0.15, -0.1) is 17.4 Å². The normalized spacial score (nSPS) is 17.8. The molecule has 0 atom stereocenters. The summed E-state index contributed by atoms with van der Waals surface area (Å²) >= 11 is 0. The Bertz CT molecular complexity index is 1370. The lowest BCUT2D eigenvalue weighted by Crippen LogP contribution is -2.27. The summed E-state index contributed by atoms with van der Waals surface area (Å²) in [6.45, 7) is 6.56. The van der Waals surface area contributed by atoms with Crippen LogP contribution in [0.4, 0.5) is 14.6 Å². The molecule has 9 nitrogen and oxygen atoms in total. The zero-order valence-corrected chi connectivity index (χ0v) is 21.3. The molecule has 1 saturated heterocycles. The predicted molar refractivity (Wildman–Crippen MR) is 135 cm³/mol. The number of halogens is 2. The molecule has 194 valence electrons. The molecule has 0 unspecified atom stereocenters. The molecule has 37 heavy (non-hydrogen) atoms. The maximum atomic E-state index is 14.0. The van der Waals surface area contributed by atoms with E-state index in [0.717, 1.165) is 12.0 Å². The molecule has 4 heterocycles. The lowest BCUT2D eigenvalue weighted by Gasteiger charge is -2.22. The molecule has 0 radical (unpaired) electrons. The Morgan fingerprint density at radius 1 is 1.14 bits per heavy atom. The van der Waals surface area contributed by atoms with Gasteiger partial charge in [0, 0.05) is 43.2 Å². The standard InChI is InChI=1S/C26H30F2N8O/c1-5-6-11-26(32-33-26)13-15-37-19-10-8-7-9-18(19)16-36-22-20(31-34-36)21(29-23(30-22)24(2,3)4)35-14-12-25(27,28)17-35/h1,7-10H,6,11-17H2,2-4H3. The fourth-order valence-electron chi connectivity index (χ4n) is 4.35. The van der Waals surface area contributed by atoms with E-state index >= 15 is 0 Å². The van der Waals surface area contributed by atoms with Crippen molar-refractivity contribution < 1.29 is 13.5 Å². The first-order valence-corrected chi connectivity index (χ1v) is 12.4. The number of fused-ring (bicyclic) bond motifs is 1. The first kappa shape index (κ1) is 25.0. The van der Waals surface area contributed by atoms with Gasteiger partial charge in [0.1, 0.15) is 11.6 Å². The van der Waals surface area contributed by atoms with Gasteiger partial charge >= 0.3 is 0 Å². The van der Waals surface area contributed by atoms with Crippen LogP contribution in [0.3, 0.4) is 0 Å². The summed E-state index contributed by atoms with van der Waals surface area (Å²) < 4.78 is 35.8. The van der Waals surface area contributed by atoms with Gasteiger partial charge in [0.2, 0.25) is 0 Å². The molecule has 0 saturated carbocycles. The van der Waals surface area contributed by atoms with Crippen LogP contribution in [0.2, 0.25) is 0 Å². The van der Waals surface area contributed by atoms with E-state index in [0.29, 0.717) is 54.5 Å². The maximum absolute atomic E-state index is 14.0. The van der Waals surface area contributed by atoms with E-state index < -0.39 is 23.5 Å². The number of hydrogen-bond acceptors (Lipinski definition) is 8. The van der Waals surface area contributed by atoms with Crippen LogP contribution in [0.25, 0.3) is 11.2 Å². The summed E-state index contributed by atoms with van der Waals surface area (Å²) in [5, 5.41) is 17.0. The topological polar surface area (TPSA) is 93.7 Å². The van der Waals surface area contributed by atoms with E-state index in [1.807, 2.05) is 45.0 Å². The third-order valence-corrected chi connectivity index (χ3v) is 6.59. The zero-order chi connectivity index (χ0) is 26.3. The van der Waals surface area contributed by atoms with Crippen LogP contribution in [-0.4, -0.2) is 56.2 Å². The quantitative estimate of drug-likeness (QED) is 0.387. The van der Waals surface area contributed by atoms with Gasteiger partial charge in [0.25, 0.3) is 5.92 Å². The average Bonchev–Trinajstić information content (AvgIpc) is 3.35. The van der Waals surface area contributed by atoms with Gasteiger partial charge < -0.3 is 9.64 Å². The minimum absolute atomic E-state index is 0.202. The van der Waals surface area contributed by atoms with Crippen LogP contribution < -0.4 is 9.64 Å². The highest BCUT2D eigenvalue weighted by atomic mass is 19.3. The highest BCUT2D eigenvalue weighted by Crippen LogP contribution is 2.37. The Labute approximate surface area is 214 Å². The molecule has 0 amide bonds. The van der Waals surface area contributed by atoms with E-state index in [4.69, 9.17) is 16.1 Å². The number of ether oxygens (including phenoxy) is 1. The van der Waals surface area contributed by atoms with E-state index in [2.05, 4.69) is 31.4 Å². The van der Waals surface area contributed by atoms with E-state index in [-0.39, 0.29) is 13.0 Å². The van der Waals surface area contributed by atoms with E-state index in [1.165, 1.54) is 0 Å². The number of benzene rings is 1. The summed E-state index contributed by atoms with van der Waals surface area (Å²) in [7, 11) is 0. The number of para-hydroxylation sites is 1. The number of terminal acetylenes is 1. The second-order valence-electron chi connectivity index (χ2n) is 10.7. The maximum Gasteiger partial charge on any atom is 0.266 e. The van der Waals surface area contributed by atoms with Gasteiger partial charge in [0.15, 0.2) is 22.6 Å². The molecule has 0 aliphatic carbocycles. The molecule has 2 aromatic heterocycles. The number of aromatic nitrogens is 5. The molecule has 0 bridgehead atoms. The molecule has 0 N–H and O–H groups in total. The van der Waals surface area contributed by atoms with Gasteiger partial charge in [-0.05, 0) is 6.07 Å². The lowest BCUT2D eigenvalue weighted by molar-refractivity contribution is 0.0257. The van der Waals surface area contributed by atoms with Crippen molar-refractivity contribution in [1.82, 2.24) is 25.0 Å². The van der Waals surface area contributed by atoms with Crippen LogP contribution in [0.5, 0.6) is 5.75 Å². The largest absolute Gasteiger partial charge is 0.493 e. The summed E-state index contributed by atoms with van der Waals surface area (Å²) in [5.74, 6) is 1.53. The van der Waals surface area contributed by atoms with Crippen molar-refractivity contribution in [3.63, 3.8) is 0 Å². The van der Waals surface area contributed by atoms with Crippen LogP contribution in [0, 0.1) is 12.3 Å². The highest BCUT2D eigenvalue weighted by Gasteiger charge is 2.41. The number of alkyl halides is 2. The average molecular weight is 509 g/mol. The van der Waals surface area contributed by atoms with Crippen molar-refractivity contribution in [2.45, 2.75) is 70.0 Å². The third-order valence-electron chi connectivity index (χ3n) is 6.59. The lowest BCUT2D eigenvalue weighted by atomic mass is 9.96.